The minimum Gasteiger partial charge on any atom is -0.314 e. The van der Waals surface area contributed by atoms with Crippen LogP contribution in [0.25, 0.3) is 10.6 Å². The molecule has 0 amide bonds. The Balaban J connectivity index is 1.99. The molecule has 2 heterocycles. The number of rotatable bonds is 5. The number of nitrogens with zero attached hydrogens (tertiary/aromatic N) is 3. The fraction of sp³-hybridized carbons (Fsp3) is 0.462. The van der Waals surface area contributed by atoms with Gasteiger partial charge in [0.05, 0.1) is 0 Å². The Bertz CT molecular complexity index is 490. The molecule has 0 aromatic carbocycles. The second kappa shape index (κ2) is 6.02. The molecule has 0 fully saturated rings. The van der Waals surface area contributed by atoms with Crippen LogP contribution < -0.4 is 5.32 Å². The summed E-state index contributed by atoms with van der Waals surface area (Å²) < 4.78 is 0. The molecule has 0 aliphatic carbocycles. The first-order valence-electron chi connectivity index (χ1n) is 6.14. The molecule has 0 aliphatic heterocycles. The summed E-state index contributed by atoms with van der Waals surface area (Å²) in [6.07, 6.45) is 2.78. The smallest absolute Gasteiger partial charge is 0.149 e. The normalized spacial score (nSPS) is 11.1. The number of hydrogen-bond donors (Lipinski definition) is 1. The molecule has 1 N–H and O–H groups in total. The largest absolute Gasteiger partial charge is 0.314 e. The van der Waals surface area contributed by atoms with Gasteiger partial charge < -0.3 is 5.32 Å². The van der Waals surface area contributed by atoms with E-state index in [2.05, 4.69) is 34.3 Å². The van der Waals surface area contributed by atoms with Gasteiger partial charge in [-0.2, -0.15) is 0 Å². The summed E-state index contributed by atoms with van der Waals surface area (Å²) in [5, 5.41) is 13.8. The first-order chi connectivity index (χ1) is 8.65. The van der Waals surface area contributed by atoms with Gasteiger partial charge in [0, 0.05) is 36.5 Å². The zero-order chi connectivity index (χ0) is 13.0. The molecular formula is C13H18N4S. The van der Waals surface area contributed by atoms with E-state index >= 15 is 0 Å². The van der Waals surface area contributed by atoms with Gasteiger partial charge in [-0.1, -0.05) is 25.2 Å². The van der Waals surface area contributed by atoms with Gasteiger partial charge in [-0.25, -0.2) is 0 Å². The van der Waals surface area contributed by atoms with Crippen LogP contribution in [0.3, 0.4) is 0 Å². The van der Waals surface area contributed by atoms with Gasteiger partial charge in [-0.15, -0.1) is 10.2 Å². The van der Waals surface area contributed by atoms with E-state index in [4.69, 9.17) is 0 Å². The molecule has 0 bridgehead atoms. The lowest BCUT2D eigenvalue weighted by molar-refractivity contribution is 0.588. The second-order valence-electron chi connectivity index (χ2n) is 4.55. The second-order valence-corrected chi connectivity index (χ2v) is 5.61. The third-order valence-electron chi connectivity index (χ3n) is 2.52. The highest BCUT2D eigenvalue weighted by atomic mass is 32.1. The third-order valence-corrected chi connectivity index (χ3v) is 3.55. The van der Waals surface area contributed by atoms with Crippen LogP contribution in [0.4, 0.5) is 0 Å². The first-order valence-corrected chi connectivity index (χ1v) is 6.95. The van der Waals surface area contributed by atoms with Crippen LogP contribution in [0.15, 0.2) is 18.3 Å². The Labute approximate surface area is 111 Å². The minimum atomic E-state index is 0.513. The third kappa shape index (κ3) is 3.58. The SMILES string of the molecule is Cc1ccc(-c2nnc(CCNC(C)C)s2)cn1. The topological polar surface area (TPSA) is 50.7 Å². The van der Waals surface area contributed by atoms with Crippen molar-refractivity contribution in [2.45, 2.75) is 33.2 Å². The molecule has 4 nitrogen and oxygen atoms in total. The summed E-state index contributed by atoms with van der Waals surface area (Å²) in [4.78, 5) is 4.28. The van der Waals surface area contributed by atoms with Crippen molar-refractivity contribution in [3.63, 3.8) is 0 Å². The molecule has 0 atom stereocenters. The Morgan fingerprint density at radius 3 is 2.78 bits per heavy atom. The van der Waals surface area contributed by atoms with Gasteiger partial charge >= 0.3 is 0 Å². The van der Waals surface area contributed by atoms with E-state index in [0.29, 0.717) is 6.04 Å². The van der Waals surface area contributed by atoms with Crippen molar-refractivity contribution in [1.29, 1.82) is 0 Å². The summed E-state index contributed by atoms with van der Waals surface area (Å²) in [7, 11) is 0. The first kappa shape index (κ1) is 13.1. The quantitative estimate of drug-likeness (QED) is 0.899. The number of pyridine rings is 1. The van der Waals surface area contributed by atoms with Crippen molar-refractivity contribution in [3.05, 3.63) is 29.0 Å². The molecule has 2 rings (SSSR count). The van der Waals surface area contributed by atoms with Crippen LogP contribution in [0, 0.1) is 6.92 Å². The maximum absolute atomic E-state index is 4.28. The number of aromatic nitrogens is 3. The molecular weight excluding hydrogens is 244 g/mol. The predicted molar refractivity (Wildman–Crippen MR) is 74.7 cm³/mol. The van der Waals surface area contributed by atoms with Gasteiger partial charge in [0.15, 0.2) is 0 Å². The maximum atomic E-state index is 4.28. The molecule has 0 saturated heterocycles. The van der Waals surface area contributed by atoms with Crippen molar-refractivity contribution in [1.82, 2.24) is 20.5 Å². The zero-order valence-electron chi connectivity index (χ0n) is 11.0. The Hall–Kier alpha value is -1.33. The molecule has 0 spiro atoms. The van der Waals surface area contributed by atoms with E-state index in [0.717, 1.165) is 34.2 Å². The highest BCUT2D eigenvalue weighted by Crippen LogP contribution is 2.22. The summed E-state index contributed by atoms with van der Waals surface area (Å²) in [6.45, 7) is 7.21. The Morgan fingerprint density at radius 2 is 2.11 bits per heavy atom. The Morgan fingerprint density at radius 1 is 1.28 bits per heavy atom. The van der Waals surface area contributed by atoms with Gasteiger partial charge in [0.1, 0.15) is 10.0 Å². The molecule has 2 aromatic rings. The molecule has 5 heteroatoms. The van der Waals surface area contributed by atoms with E-state index in [9.17, 15) is 0 Å². The average molecular weight is 262 g/mol. The fourth-order valence-corrected chi connectivity index (χ4v) is 2.36. The summed E-state index contributed by atoms with van der Waals surface area (Å²) in [5.74, 6) is 0. The Kier molecular flexibility index (Phi) is 4.38. The van der Waals surface area contributed by atoms with E-state index < -0.39 is 0 Å². The lowest BCUT2D eigenvalue weighted by Gasteiger charge is -2.05. The lowest BCUT2D eigenvalue weighted by Crippen LogP contribution is -2.24. The number of aryl methyl sites for hydroxylation is 1. The van der Waals surface area contributed by atoms with Crippen molar-refractivity contribution in [2.75, 3.05) is 6.54 Å². The number of nitrogens with one attached hydrogen (secondary N) is 1. The van der Waals surface area contributed by atoms with Crippen LogP contribution in [0.1, 0.15) is 24.5 Å². The minimum absolute atomic E-state index is 0.513. The highest BCUT2D eigenvalue weighted by molar-refractivity contribution is 7.14. The standard InChI is InChI=1S/C13H18N4S/c1-9(2)14-7-6-12-16-17-13(18-12)11-5-4-10(3)15-8-11/h4-5,8-9,14H,6-7H2,1-3H3. The average Bonchev–Trinajstić information content (AvgIpc) is 2.78. The molecule has 2 aromatic heterocycles. The maximum Gasteiger partial charge on any atom is 0.149 e. The lowest BCUT2D eigenvalue weighted by atomic mass is 10.3. The fourth-order valence-electron chi connectivity index (χ4n) is 1.53. The van der Waals surface area contributed by atoms with Crippen LogP contribution in [-0.4, -0.2) is 27.8 Å². The van der Waals surface area contributed by atoms with E-state index in [1.54, 1.807) is 11.3 Å². The van der Waals surface area contributed by atoms with E-state index in [1.165, 1.54) is 0 Å². The van der Waals surface area contributed by atoms with Gasteiger partial charge in [-0.3, -0.25) is 4.98 Å². The summed E-state index contributed by atoms with van der Waals surface area (Å²) >= 11 is 1.64. The van der Waals surface area contributed by atoms with Gasteiger partial charge in [0.25, 0.3) is 0 Å². The zero-order valence-corrected chi connectivity index (χ0v) is 11.8. The van der Waals surface area contributed by atoms with Crippen LogP contribution in [-0.2, 0) is 6.42 Å². The van der Waals surface area contributed by atoms with Crippen LogP contribution in [0.5, 0.6) is 0 Å². The van der Waals surface area contributed by atoms with Crippen molar-refractivity contribution >= 4 is 11.3 Å². The molecule has 18 heavy (non-hydrogen) atoms. The molecule has 96 valence electrons. The van der Waals surface area contributed by atoms with Gasteiger partial charge in [0.2, 0.25) is 0 Å². The van der Waals surface area contributed by atoms with Crippen LogP contribution in [0.2, 0.25) is 0 Å². The van der Waals surface area contributed by atoms with E-state index in [-0.39, 0.29) is 0 Å². The summed E-state index contributed by atoms with van der Waals surface area (Å²) in [6, 6.07) is 4.55. The molecule has 0 unspecified atom stereocenters. The van der Waals surface area contributed by atoms with E-state index in [1.807, 2.05) is 25.3 Å². The van der Waals surface area contributed by atoms with Gasteiger partial charge in [-0.05, 0) is 19.1 Å². The summed E-state index contributed by atoms with van der Waals surface area (Å²) in [5.41, 5.74) is 2.06. The predicted octanol–water partition coefficient (Wildman–Crippen LogP) is 2.45. The number of hydrogen-bond acceptors (Lipinski definition) is 5. The molecule has 0 radical (unpaired) electrons. The van der Waals surface area contributed by atoms with Crippen molar-refractivity contribution in [3.8, 4) is 10.6 Å². The molecule has 0 saturated carbocycles. The highest BCUT2D eigenvalue weighted by Gasteiger charge is 2.06. The van der Waals surface area contributed by atoms with Crippen LogP contribution >= 0.6 is 11.3 Å². The van der Waals surface area contributed by atoms with Crippen molar-refractivity contribution in [2.24, 2.45) is 0 Å². The van der Waals surface area contributed by atoms with Crippen molar-refractivity contribution < 1.29 is 0 Å². The monoisotopic (exact) mass is 262 g/mol. The molecule has 0 aliphatic rings.